The Morgan fingerprint density at radius 3 is 1.81 bits per heavy atom. The Hall–Kier alpha value is -2.44. The molecule has 0 aliphatic heterocycles. The van der Waals surface area contributed by atoms with Crippen molar-refractivity contribution in [3.63, 3.8) is 0 Å². The van der Waals surface area contributed by atoms with Gasteiger partial charge >= 0.3 is 0 Å². The third-order valence-electron chi connectivity index (χ3n) is 2.68. The van der Waals surface area contributed by atoms with Gasteiger partial charge in [0.25, 0.3) is 0 Å². The molecule has 1 N–H and O–H groups in total. The van der Waals surface area contributed by atoms with E-state index in [1.54, 1.807) is 24.3 Å². The highest BCUT2D eigenvalue weighted by Gasteiger charge is 2.25. The number of hydrazone groups is 1. The van der Waals surface area contributed by atoms with Crippen LogP contribution in [0, 0.1) is 36.0 Å². The molecule has 110 valence electrons. The number of nitrogens with zero attached hydrogens (tertiary/aromatic N) is 1. The summed E-state index contributed by atoms with van der Waals surface area (Å²) < 4.78 is 65.4. The van der Waals surface area contributed by atoms with Crippen molar-refractivity contribution in [1.29, 1.82) is 0 Å². The lowest BCUT2D eigenvalue weighted by molar-refractivity contribution is 0.381. The van der Waals surface area contributed by atoms with Crippen molar-refractivity contribution in [2.24, 2.45) is 5.10 Å². The number of hydrogen-bond acceptors (Lipinski definition) is 2. The molecule has 0 heterocycles. The van der Waals surface area contributed by atoms with Crippen LogP contribution < -0.4 is 5.43 Å². The molecule has 21 heavy (non-hydrogen) atoms. The summed E-state index contributed by atoms with van der Waals surface area (Å²) in [6.45, 7) is 1.87. The zero-order chi connectivity index (χ0) is 15.6. The van der Waals surface area contributed by atoms with Gasteiger partial charge < -0.3 is 0 Å². The van der Waals surface area contributed by atoms with E-state index < -0.39 is 34.8 Å². The lowest BCUT2D eigenvalue weighted by atomic mass is 10.2. The summed E-state index contributed by atoms with van der Waals surface area (Å²) in [5, 5.41) is 3.46. The minimum atomic E-state index is -2.21. The fourth-order valence-corrected chi connectivity index (χ4v) is 1.53. The third-order valence-corrected chi connectivity index (χ3v) is 2.68. The second kappa shape index (κ2) is 5.90. The Morgan fingerprint density at radius 2 is 1.29 bits per heavy atom. The molecule has 0 aliphatic rings. The summed E-state index contributed by atoms with van der Waals surface area (Å²) in [5.74, 6) is -10.2. The molecule has 0 fully saturated rings. The van der Waals surface area contributed by atoms with E-state index in [2.05, 4.69) is 5.10 Å². The van der Waals surface area contributed by atoms with Crippen molar-refractivity contribution < 1.29 is 22.0 Å². The van der Waals surface area contributed by atoms with Crippen LogP contribution >= 0.6 is 0 Å². The first kappa shape index (κ1) is 15.0. The smallest absolute Gasteiger partial charge is 0.200 e. The molecule has 0 saturated heterocycles. The highest BCUT2D eigenvalue weighted by Crippen LogP contribution is 2.26. The Bertz CT molecular complexity index is 666. The quantitative estimate of drug-likeness (QED) is 0.298. The van der Waals surface area contributed by atoms with E-state index >= 15 is 0 Å². The molecule has 7 heteroatoms. The van der Waals surface area contributed by atoms with E-state index in [-0.39, 0.29) is 0 Å². The summed E-state index contributed by atoms with van der Waals surface area (Å²) in [7, 11) is 0. The summed E-state index contributed by atoms with van der Waals surface area (Å²) >= 11 is 0. The maximum atomic E-state index is 13.3. The molecule has 2 rings (SSSR count). The topological polar surface area (TPSA) is 24.4 Å². The molecule has 0 amide bonds. The van der Waals surface area contributed by atoms with Gasteiger partial charge in [0.1, 0.15) is 5.69 Å². The van der Waals surface area contributed by atoms with Gasteiger partial charge in [0.15, 0.2) is 23.3 Å². The zero-order valence-electron chi connectivity index (χ0n) is 10.7. The highest BCUT2D eigenvalue weighted by molar-refractivity contribution is 5.80. The number of aryl methyl sites for hydroxylation is 1. The molecule has 0 bridgehead atoms. The minimum Gasteiger partial charge on any atom is -0.272 e. The van der Waals surface area contributed by atoms with Gasteiger partial charge in [-0.2, -0.15) is 5.10 Å². The van der Waals surface area contributed by atoms with Crippen LogP contribution in [0.25, 0.3) is 0 Å². The fraction of sp³-hybridized carbons (Fsp3) is 0.0714. The zero-order valence-corrected chi connectivity index (χ0v) is 10.7. The lowest BCUT2D eigenvalue weighted by Gasteiger charge is -2.06. The first-order valence-electron chi connectivity index (χ1n) is 5.79. The van der Waals surface area contributed by atoms with E-state index in [1.165, 1.54) is 6.21 Å². The molecule has 0 saturated carbocycles. The number of anilines is 1. The largest absolute Gasteiger partial charge is 0.272 e. The van der Waals surface area contributed by atoms with Crippen LogP contribution in [-0.4, -0.2) is 6.21 Å². The minimum absolute atomic E-state index is 0.594. The van der Waals surface area contributed by atoms with Crippen LogP contribution in [0.1, 0.15) is 11.1 Å². The summed E-state index contributed by atoms with van der Waals surface area (Å²) in [6.07, 6.45) is 1.19. The van der Waals surface area contributed by atoms with Gasteiger partial charge in [0, 0.05) is 0 Å². The van der Waals surface area contributed by atoms with Gasteiger partial charge in [-0.15, -0.1) is 0 Å². The molecule has 2 nitrogen and oxygen atoms in total. The average Bonchev–Trinajstić information content (AvgIpc) is 2.48. The fourth-order valence-electron chi connectivity index (χ4n) is 1.53. The summed E-state index contributed by atoms with van der Waals surface area (Å²) in [4.78, 5) is 0. The number of nitrogens with one attached hydrogen (secondary N) is 1. The van der Waals surface area contributed by atoms with Gasteiger partial charge in [0.2, 0.25) is 5.82 Å². The molecule has 2 aromatic carbocycles. The first-order valence-corrected chi connectivity index (χ1v) is 5.79. The Kier molecular flexibility index (Phi) is 4.21. The van der Waals surface area contributed by atoms with Crippen LogP contribution in [0.3, 0.4) is 0 Å². The van der Waals surface area contributed by atoms with E-state index in [1.807, 2.05) is 12.3 Å². The van der Waals surface area contributed by atoms with Gasteiger partial charge in [-0.25, -0.2) is 22.0 Å². The Morgan fingerprint density at radius 1 is 0.810 bits per heavy atom. The van der Waals surface area contributed by atoms with Gasteiger partial charge in [-0.05, 0) is 12.5 Å². The van der Waals surface area contributed by atoms with Crippen LogP contribution in [0.5, 0.6) is 0 Å². The average molecular weight is 300 g/mol. The Balaban J connectivity index is 2.26. The second-order valence-electron chi connectivity index (χ2n) is 4.23. The number of benzene rings is 2. The van der Waals surface area contributed by atoms with Crippen LogP contribution in [0.2, 0.25) is 0 Å². The normalized spacial score (nSPS) is 11.1. The first-order chi connectivity index (χ1) is 9.91. The number of halogens is 5. The predicted octanol–water partition coefficient (Wildman–Crippen LogP) is 4.14. The number of rotatable bonds is 3. The van der Waals surface area contributed by atoms with Gasteiger partial charge in [-0.3, -0.25) is 5.43 Å². The van der Waals surface area contributed by atoms with Crippen molar-refractivity contribution in [3.8, 4) is 0 Å². The lowest BCUT2D eigenvalue weighted by Crippen LogP contribution is -2.06. The van der Waals surface area contributed by atoms with Crippen molar-refractivity contribution in [2.45, 2.75) is 6.92 Å². The van der Waals surface area contributed by atoms with Crippen molar-refractivity contribution in [1.82, 2.24) is 0 Å². The molecule has 0 radical (unpaired) electrons. The van der Waals surface area contributed by atoms with Gasteiger partial charge in [0.05, 0.1) is 6.21 Å². The molecule has 2 aromatic rings. The molecule has 0 atom stereocenters. The van der Waals surface area contributed by atoms with E-state index in [4.69, 9.17) is 0 Å². The summed E-state index contributed by atoms with van der Waals surface area (Å²) in [5.41, 5.74) is 2.22. The standard InChI is InChI=1S/C14H9F5N2/c1-7-2-4-8(5-3-7)6-20-21-14-12(18)10(16)9(15)11(17)13(14)19/h2-6,21H,1H3/b20-6-. The van der Waals surface area contributed by atoms with E-state index in [0.29, 0.717) is 5.56 Å². The predicted molar refractivity (Wildman–Crippen MR) is 68.6 cm³/mol. The molecule has 0 unspecified atom stereocenters. The summed E-state index contributed by atoms with van der Waals surface area (Å²) in [6, 6.07) is 6.91. The monoisotopic (exact) mass is 300 g/mol. The molecular formula is C14H9F5N2. The maximum absolute atomic E-state index is 13.3. The maximum Gasteiger partial charge on any atom is 0.200 e. The van der Waals surface area contributed by atoms with Crippen molar-refractivity contribution >= 4 is 11.9 Å². The van der Waals surface area contributed by atoms with Crippen molar-refractivity contribution in [3.05, 3.63) is 64.5 Å². The van der Waals surface area contributed by atoms with E-state index in [0.717, 1.165) is 5.56 Å². The SMILES string of the molecule is Cc1ccc(/C=N\Nc2c(F)c(F)c(F)c(F)c2F)cc1. The van der Waals surface area contributed by atoms with Crippen LogP contribution in [0.4, 0.5) is 27.6 Å². The van der Waals surface area contributed by atoms with Crippen LogP contribution in [0.15, 0.2) is 29.4 Å². The second-order valence-corrected chi connectivity index (χ2v) is 4.23. The van der Waals surface area contributed by atoms with Crippen LogP contribution in [-0.2, 0) is 0 Å². The molecular weight excluding hydrogens is 291 g/mol. The molecule has 0 aliphatic carbocycles. The van der Waals surface area contributed by atoms with E-state index in [9.17, 15) is 22.0 Å². The third kappa shape index (κ3) is 3.01. The molecule has 0 aromatic heterocycles. The molecule has 0 spiro atoms. The highest BCUT2D eigenvalue weighted by atomic mass is 19.2. The number of hydrogen-bond donors (Lipinski definition) is 1. The van der Waals surface area contributed by atoms with Crippen molar-refractivity contribution in [2.75, 3.05) is 5.43 Å². The van der Waals surface area contributed by atoms with Gasteiger partial charge in [-0.1, -0.05) is 29.8 Å². The Labute approximate surface area is 116 Å².